The van der Waals surface area contributed by atoms with Gasteiger partial charge in [0.1, 0.15) is 0 Å². The molecule has 0 aliphatic heterocycles. The number of anilines is 1. The van der Waals surface area contributed by atoms with Gasteiger partial charge in [0.2, 0.25) is 0 Å². The van der Waals surface area contributed by atoms with Crippen molar-refractivity contribution in [1.29, 1.82) is 0 Å². The molecule has 0 spiro atoms. The zero-order chi connectivity index (χ0) is 13.4. The summed E-state index contributed by atoms with van der Waals surface area (Å²) in [6, 6.07) is 5.06. The van der Waals surface area contributed by atoms with Gasteiger partial charge in [-0.3, -0.25) is 10.1 Å². The van der Waals surface area contributed by atoms with Crippen LogP contribution in [0, 0.1) is 10.1 Å². The zero-order valence-electron chi connectivity index (χ0n) is 10.9. The summed E-state index contributed by atoms with van der Waals surface area (Å²) in [6.45, 7) is 5.13. The maximum Gasteiger partial charge on any atom is 0.269 e. The molecule has 0 atom stereocenters. The van der Waals surface area contributed by atoms with E-state index in [1.807, 2.05) is 17.8 Å². The lowest BCUT2D eigenvalue weighted by Gasteiger charge is -2.11. The van der Waals surface area contributed by atoms with Crippen molar-refractivity contribution in [1.82, 2.24) is 0 Å². The van der Waals surface area contributed by atoms with Crippen LogP contribution in [-0.2, 0) is 5.75 Å². The summed E-state index contributed by atoms with van der Waals surface area (Å²) in [6.07, 6.45) is 2.16. The van der Waals surface area contributed by atoms with Crippen LogP contribution in [0.3, 0.4) is 0 Å². The normalized spacial score (nSPS) is 10.3. The molecular formula is C13H20N2O2S. The monoisotopic (exact) mass is 268 g/mol. The van der Waals surface area contributed by atoms with E-state index in [0.29, 0.717) is 0 Å². The van der Waals surface area contributed by atoms with Crippen molar-refractivity contribution in [2.24, 2.45) is 0 Å². The van der Waals surface area contributed by atoms with Crippen molar-refractivity contribution in [2.75, 3.05) is 17.6 Å². The first-order valence-electron chi connectivity index (χ1n) is 6.28. The van der Waals surface area contributed by atoms with Crippen LogP contribution in [0.15, 0.2) is 18.2 Å². The molecule has 1 aromatic carbocycles. The van der Waals surface area contributed by atoms with Gasteiger partial charge >= 0.3 is 0 Å². The van der Waals surface area contributed by atoms with Gasteiger partial charge in [0.15, 0.2) is 0 Å². The smallest absolute Gasteiger partial charge is 0.269 e. The second kappa shape index (κ2) is 7.97. The van der Waals surface area contributed by atoms with E-state index < -0.39 is 0 Å². The van der Waals surface area contributed by atoms with E-state index in [4.69, 9.17) is 0 Å². The number of hydrogen-bond donors (Lipinski definition) is 1. The Morgan fingerprint density at radius 1 is 1.33 bits per heavy atom. The van der Waals surface area contributed by atoms with Gasteiger partial charge in [-0.1, -0.05) is 13.8 Å². The molecular weight excluding hydrogens is 248 g/mol. The summed E-state index contributed by atoms with van der Waals surface area (Å²) in [5.74, 6) is 1.90. The zero-order valence-corrected chi connectivity index (χ0v) is 11.8. The maximum atomic E-state index is 10.8. The number of nitrogens with zero attached hydrogens (tertiary/aromatic N) is 1. The summed E-state index contributed by atoms with van der Waals surface area (Å²) in [5, 5.41) is 14.1. The van der Waals surface area contributed by atoms with Crippen LogP contribution >= 0.6 is 11.8 Å². The lowest BCUT2D eigenvalue weighted by Crippen LogP contribution is -2.03. The average Bonchev–Trinajstić information content (AvgIpc) is 2.37. The molecule has 0 unspecified atom stereocenters. The number of rotatable bonds is 8. The molecule has 1 N–H and O–H groups in total. The van der Waals surface area contributed by atoms with Gasteiger partial charge in [0, 0.05) is 30.1 Å². The third-order valence-corrected chi connectivity index (χ3v) is 3.68. The molecule has 4 nitrogen and oxygen atoms in total. The highest BCUT2D eigenvalue weighted by Gasteiger charge is 2.10. The highest BCUT2D eigenvalue weighted by molar-refractivity contribution is 7.98. The molecule has 18 heavy (non-hydrogen) atoms. The number of thioether (sulfide) groups is 1. The predicted octanol–water partition coefficient (Wildman–Crippen LogP) is 4.06. The van der Waals surface area contributed by atoms with Crippen molar-refractivity contribution in [2.45, 2.75) is 32.4 Å². The van der Waals surface area contributed by atoms with Crippen LogP contribution in [0.1, 0.15) is 32.3 Å². The Balaban J connectivity index is 2.83. The van der Waals surface area contributed by atoms with Gasteiger partial charge in [0.25, 0.3) is 5.69 Å². The lowest BCUT2D eigenvalue weighted by molar-refractivity contribution is -0.384. The second-order valence-corrected chi connectivity index (χ2v) is 5.18. The third-order valence-electron chi connectivity index (χ3n) is 2.47. The van der Waals surface area contributed by atoms with E-state index in [1.54, 1.807) is 12.1 Å². The minimum Gasteiger partial charge on any atom is -0.385 e. The second-order valence-electron chi connectivity index (χ2n) is 4.08. The molecule has 100 valence electrons. The SMILES string of the molecule is CCCNc1ccc([N+](=O)[O-])cc1CSCCC. The Bertz CT molecular complexity index is 397. The average molecular weight is 268 g/mol. The molecule has 1 aromatic rings. The van der Waals surface area contributed by atoms with Crippen LogP contribution in [-0.4, -0.2) is 17.2 Å². The number of hydrogen-bond acceptors (Lipinski definition) is 4. The molecule has 0 aliphatic rings. The molecule has 0 saturated carbocycles. The molecule has 0 aliphatic carbocycles. The molecule has 0 radical (unpaired) electrons. The minimum atomic E-state index is -0.336. The molecule has 1 rings (SSSR count). The van der Waals surface area contributed by atoms with Gasteiger partial charge in [-0.05, 0) is 30.2 Å². The van der Waals surface area contributed by atoms with Gasteiger partial charge < -0.3 is 5.32 Å². The molecule has 0 amide bonds. The molecule has 0 fully saturated rings. The minimum absolute atomic E-state index is 0.171. The Labute approximate surface area is 112 Å². The number of nitrogens with one attached hydrogen (secondary N) is 1. The fourth-order valence-electron chi connectivity index (χ4n) is 1.57. The van der Waals surface area contributed by atoms with Crippen LogP contribution in [0.25, 0.3) is 0 Å². The highest BCUT2D eigenvalue weighted by Crippen LogP contribution is 2.26. The largest absolute Gasteiger partial charge is 0.385 e. The quantitative estimate of drug-likeness (QED) is 0.439. The molecule has 0 aromatic heterocycles. The number of benzene rings is 1. The topological polar surface area (TPSA) is 55.2 Å². The van der Waals surface area contributed by atoms with Crippen LogP contribution < -0.4 is 5.32 Å². The van der Waals surface area contributed by atoms with E-state index in [9.17, 15) is 10.1 Å². The van der Waals surface area contributed by atoms with E-state index in [2.05, 4.69) is 19.2 Å². The Hall–Kier alpha value is -1.23. The maximum absolute atomic E-state index is 10.8. The predicted molar refractivity (Wildman–Crippen MR) is 78.3 cm³/mol. The summed E-state index contributed by atoms with van der Waals surface area (Å²) >= 11 is 1.81. The number of nitro benzene ring substituents is 1. The van der Waals surface area contributed by atoms with Crippen LogP contribution in [0.4, 0.5) is 11.4 Å². The first-order valence-corrected chi connectivity index (χ1v) is 7.43. The van der Waals surface area contributed by atoms with Crippen molar-refractivity contribution in [3.05, 3.63) is 33.9 Å². The van der Waals surface area contributed by atoms with Crippen LogP contribution in [0.5, 0.6) is 0 Å². The molecule has 0 bridgehead atoms. The van der Waals surface area contributed by atoms with Crippen molar-refractivity contribution < 1.29 is 4.92 Å². The molecule has 0 heterocycles. The number of nitro groups is 1. The van der Waals surface area contributed by atoms with E-state index in [1.165, 1.54) is 0 Å². The van der Waals surface area contributed by atoms with Crippen molar-refractivity contribution in [3.8, 4) is 0 Å². The summed E-state index contributed by atoms with van der Waals surface area (Å²) < 4.78 is 0. The van der Waals surface area contributed by atoms with Crippen LogP contribution in [0.2, 0.25) is 0 Å². The first kappa shape index (κ1) is 14.8. The third kappa shape index (κ3) is 4.56. The van der Waals surface area contributed by atoms with Gasteiger partial charge in [-0.2, -0.15) is 11.8 Å². The molecule has 5 heteroatoms. The number of non-ortho nitro benzene ring substituents is 1. The van der Waals surface area contributed by atoms with E-state index in [0.717, 1.165) is 42.1 Å². The Morgan fingerprint density at radius 2 is 2.11 bits per heavy atom. The van der Waals surface area contributed by atoms with Crippen molar-refractivity contribution in [3.63, 3.8) is 0 Å². The summed E-state index contributed by atoms with van der Waals surface area (Å²) in [4.78, 5) is 10.5. The fourth-order valence-corrected chi connectivity index (χ4v) is 2.46. The fraction of sp³-hybridized carbons (Fsp3) is 0.538. The lowest BCUT2D eigenvalue weighted by atomic mass is 10.1. The first-order chi connectivity index (χ1) is 8.69. The van der Waals surface area contributed by atoms with Crippen molar-refractivity contribution >= 4 is 23.1 Å². The Kier molecular flexibility index (Phi) is 6.57. The van der Waals surface area contributed by atoms with E-state index >= 15 is 0 Å². The van der Waals surface area contributed by atoms with Gasteiger partial charge in [-0.15, -0.1) is 0 Å². The molecule has 0 saturated heterocycles. The standard InChI is InChI=1S/C13H20N2O2S/c1-3-7-14-13-6-5-12(15(16)17)9-11(13)10-18-8-4-2/h5-6,9,14H,3-4,7-8,10H2,1-2H3. The van der Waals surface area contributed by atoms with Gasteiger partial charge in [-0.25, -0.2) is 0 Å². The summed E-state index contributed by atoms with van der Waals surface area (Å²) in [7, 11) is 0. The highest BCUT2D eigenvalue weighted by atomic mass is 32.2. The van der Waals surface area contributed by atoms with E-state index in [-0.39, 0.29) is 10.6 Å². The van der Waals surface area contributed by atoms with Gasteiger partial charge in [0.05, 0.1) is 4.92 Å². The summed E-state index contributed by atoms with van der Waals surface area (Å²) in [5.41, 5.74) is 2.21. The Morgan fingerprint density at radius 3 is 2.72 bits per heavy atom.